The number of hydrogen-bond acceptors (Lipinski definition) is 7. The Morgan fingerprint density at radius 2 is 2.27 bits per heavy atom. The third-order valence-electron chi connectivity index (χ3n) is 2.92. The van der Waals surface area contributed by atoms with Crippen LogP contribution in [-0.4, -0.2) is 40.4 Å². The van der Waals surface area contributed by atoms with Gasteiger partial charge in [-0.05, 0) is 17.7 Å². The zero-order valence-electron chi connectivity index (χ0n) is 12.4. The maximum atomic E-state index is 9.51. The molecule has 0 amide bonds. The lowest BCUT2D eigenvalue weighted by Crippen LogP contribution is -2.03. The molecular weight excluding hydrogens is 282 g/mol. The molecule has 0 aliphatic rings. The summed E-state index contributed by atoms with van der Waals surface area (Å²) in [4.78, 5) is 12.5. The number of ether oxygens (including phenoxy) is 1. The molecule has 0 aromatic carbocycles. The van der Waals surface area contributed by atoms with Crippen LogP contribution in [0.1, 0.15) is 17.1 Å². The number of nitrogens with zero attached hydrogens (tertiary/aromatic N) is 3. The Labute approximate surface area is 128 Å². The average Bonchev–Trinajstić information content (AvgIpc) is 2.54. The van der Waals surface area contributed by atoms with Crippen LogP contribution in [0.25, 0.3) is 5.57 Å². The minimum Gasteiger partial charge on any atom is -0.491 e. The van der Waals surface area contributed by atoms with E-state index in [1.54, 1.807) is 37.8 Å². The minimum atomic E-state index is -0.141. The van der Waals surface area contributed by atoms with Crippen molar-refractivity contribution < 1.29 is 9.84 Å². The van der Waals surface area contributed by atoms with Crippen molar-refractivity contribution in [2.24, 2.45) is 0 Å². The average molecular weight is 299 g/mol. The normalized spacial score (nSPS) is 11.1. The van der Waals surface area contributed by atoms with Crippen molar-refractivity contribution in [1.29, 1.82) is 5.41 Å². The van der Waals surface area contributed by atoms with Crippen LogP contribution < -0.4 is 10.1 Å². The van der Waals surface area contributed by atoms with Gasteiger partial charge in [0.1, 0.15) is 0 Å². The van der Waals surface area contributed by atoms with Crippen LogP contribution in [0.5, 0.6) is 11.6 Å². The van der Waals surface area contributed by atoms with Crippen LogP contribution in [0.4, 0.5) is 0 Å². The second-order valence-electron chi connectivity index (χ2n) is 4.45. The number of nitrogens with one attached hydrogen (secondary N) is 2. The number of aromatic nitrogens is 3. The molecule has 0 atom stereocenters. The fourth-order valence-corrected chi connectivity index (χ4v) is 1.89. The van der Waals surface area contributed by atoms with Crippen LogP contribution >= 0.6 is 0 Å². The van der Waals surface area contributed by atoms with E-state index in [9.17, 15) is 5.11 Å². The van der Waals surface area contributed by atoms with E-state index in [2.05, 4.69) is 20.3 Å². The molecule has 0 unspecified atom stereocenters. The Hall–Kier alpha value is -2.96. The Morgan fingerprint density at radius 3 is 2.95 bits per heavy atom. The lowest BCUT2D eigenvalue weighted by molar-refractivity contribution is 0.362. The van der Waals surface area contributed by atoms with Crippen molar-refractivity contribution in [2.45, 2.75) is 6.42 Å². The van der Waals surface area contributed by atoms with Crippen molar-refractivity contribution in [3.8, 4) is 11.6 Å². The number of hydrogen-bond donors (Lipinski definition) is 3. The number of rotatable bonds is 6. The predicted molar refractivity (Wildman–Crippen MR) is 83.1 cm³/mol. The van der Waals surface area contributed by atoms with Gasteiger partial charge in [-0.2, -0.15) is 0 Å². The van der Waals surface area contributed by atoms with Crippen LogP contribution in [-0.2, 0) is 6.42 Å². The lowest BCUT2D eigenvalue weighted by Gasteiger charge is -2.07. The standard InChI is InChI=1S/C15H17N5O2/c1-17-9-11(7-16)14-18-4-3-12(20-14)5-10-6-13(22-2)15(21)19-8-10/h3-4,6-9,16-17H,5H2,1-2H3,(H,19,21)/b11-9+,16-7?. The van der Waals surface area contributed by atoms with Crippen molar-refractivity contribution in [3.63, 3.8) is 0 Å². The predicted octanol–water partition coefficient (Wildman–Crippen LogP) is 1.39. The van der Waals surface area contributed by atoms with Gasteiger partial charge in [0.15, 0.2) is 11.6 Å². The largest absolute Gasteiger partial charge is 0.491 e. The van der Waals surface area contributed by atoms with Crippen molar-refractivity contribution in [3.05, 3.63) is 47.8 Å². The van der Waals surface area contributed by atoms with E-state index in [1.807, 2.05) is 0 Å². The fraction of sp³-hybridized carbons (Fsp3) is 0.200. The Kier molecular flexibility index (Phi) is 5.02. The van der Waals surface area contributed by atoms with E-state index in [0.29, 0.717) is 23.6 Å². The van der Waals surface area contributed by atoms with Gasteiger partial charge in [-0.25, -0.2) is 15.0 Å². The van der Waals surface area contributed by atoms with Gasteiger partial charge in [0, 0.05) is 44.0 Å². The summed E-state index contributed by atoms with van der Waals surface area (Å²) >= 11 is 0. The zero-order chi connectivity index (χ0) is 15.9. The highest BCUT2D eigenvalue weighted by atomic mass is 16.5. The first-order valence-corrected chi connectivity index (χ1v) is 6.60. The SMILES string of the molecule is CN/C=C(\C=N)c1nccc(Cc2cnc(O)c(OC)c2)n1. The molecule has 2 rings (SSSR count). The third-order valence-corrected chi connectivity index (χ3v) is 2.92. The molecule has 0 aliphatic carbocycles. The maximum Gasteiger partial charge on any atom is 0.254 e. The monoisotopic (exact) mass is 299 g/mol. The smallest absolute Gasteiger partial charge is 0.254 e. The molecular formula is C15H17N5O2. The Morgan fingerprint density at radius 1 is 1.45 bits per heavy atom. The van der Waals surface area contributed by atoms with Crippen LogP contribution in [0.2, 0.25) is 0 Å². The number of aromatic hydroxyl groups is 1. The lowest BCUT2D eigenvalue weighted by atomic mass is 10.1. The number of methoxy groups -OCH3 is 1. The molecule has 22 heavy (non-hydrogen) atoms. The van der Waals surface area contributed by atoms with E-state index < -0.39 is 0 Å². The molecule has 114 valence electrons. The molecule has 0 aliphatic heterocycles. The van der Waals surface area contributed by atoms with E-state index in [0.717, 1.165) is 11.3 Å². The highest BCUT2D eigenvalue weighted by Gasteiger charge is 2.08. The molecule has 3 N–H and O–H groups in total. The van der Waals surface area contributed by atoms with E-state index >= 15 is 0 Å². The Balaban J connectivity index is 2.27. The molecule has 2 heterocycles. The maximum absolute atomic E-state index is 9.51. The number of pyridine rings is 1. The molecule has 7 heteroatoms. The second-order valence-corrected chi connectivity index (χ2v) is 4.45. The summed E-state index contributed by atoms with van der Waals surface area (Å²) in [5, 5.41) is 19.8. The van der Waals surface area contributed by atoms with E-state index in [4.69, 9.17) is 10.1 Å². The molecule has 7 nitrogen and oxygen atoms in total. The van der Waals surface area contributed by atoms with Gasteiger partial charge >= 0.3 is 0 Å². The van der Waals surface area contributed by atoms with E-state index in [1.165, 1.54) is 13.3 Å². The first-order valence-electron chi connectivity index (χ1n) is 6.60. The summed E-state index contributed by atoms with van der Waals surface area (Å²) in [6.07, 6.45) is 6.60. The second kappa shape index (κ2) is 7.16. The first-order chi connectivity index (χ1) is 10.7. The summed E-state index contributed by atoms with van der Waals surface area (Å²) in [7, 11) is 3.23. The van der Waals surface area contributed by atoms with E-state index in [-0.39, 0.29) is 5.88 Å². The molecule has 2 aromatic rings. The summed E-state index contributed by atoms with van der Waals surface area (Å²) < 4.78 is 5.04. The van der Waals surface area contributed by atoms with Crippen LogP contribution in [0.15, 0.2) is 30.7 Å². The van der Waals surface area contributed by atoms with Gasteiger partial charge < -0.3 is 20.6 Å². The molecule has 0 bridgehead atoms. The molecule has 0 fully saturated rings. The van der Waals surface area contributed by atoms with Gasteiger partial charge in [0.05, 0.1) is 12.7 Å². The number of allylic oxidation sites excluding steroid dienone is 1. The van der Waals surface area contributed by atoms with Gasteiger partial charge in [0.2, 0.25) is 0 Å². The van der Waals surface area contributed by atoms with Crippen LogP contribution in [0.3, 0.4) is 0 Å². The summed E-state index contributed by atoms with van der Waals surface area (Å²) in [6.45, 7) is 0. The van der Waals surface area contributed by atoms with Gasteiger partial charge in [-0.15, -0.1) is 0 Å². The molecule has 0 spiro atoms. The molecule has 0 saturated heterocycles. The summed E-state index contributed by atoms with van der Waals surface area (Å²) in [6, 6.07) is 3.51. The molecule has 0 radical (unpaired) electrons. The zero-order valence-corrected chi connectivity index (χ0v) is 12.4. The van der Waals surface area contributed by atoms with Crippen LogP contribution in [0, 0.1) is 5.41 Å². The van der Waals surface area contributed by atoms with Crippen molar-refractivity contribution >= 4 is 11.8 Å². The van der Waals surface area contributed by atoms with Gasteiger partial charge in [0.25, 0.3) is 5.88 Å². The topological polar surface area (TPSA) is 104 Å². The molecule has 2 aromatic heterocycles. The Bertz CT molecular complexity index is 700. The van der Waals surface area contributed by atoms with Crippen molar-refractivity contribution in [1.82, 2.24) is 20.3 Å². The summed E-state index contributed by atoms with van der Waals surface area (Å²) in [5.74, 6) is 0.653. The summed E-state index contributed by atoms with van der Waals surface area (Å²) in [5.41, 5.74) is 2.22. The highest BCUT2D eigenvalue weighted by Crippen LogP contribution is 2.24. The third kappa shape index (κ3) is 3.57. The highest BCUT2D eigenvalue weighted by molar-refractivity contribution is 6.06. The molecule has 0 saturated carbocycles. The quantitative estimate of drug-likeness (QED) is 0.696. The van der Waals surface area contributed by atoms with Crippen molar-refractivity contribution in [2.75, 3.05) is 14.2 Å². The minimum absolute atomic E-state index is 0.141. The van der Waals surface area contributed by atoms with Gasteiger partial charge in [-0.1, -0.05) is 0 Å². The first kappa shape index (κ1) is 15.4. The van der Waals surface area contributed by atoms with Gasteiger partial charge in [-0.3, -0.25) is 0 Å². The fourth-order valence-electron chi connectivity index (χ4n) is 1.89.